The molecule has 0 nitrogen and oxygen atoms in total. The number of hydrogen-bond donors (Lipinski definition) is 0. The lowest BCUT2D eigenvalue weighted by atomic mass is 9.14. The predicted molar refractivity (Wildman–Crippen MR) is 315 cm³/mol. The van der Waals surface area contributed by atoms with Crippen LogP contribution in [0.4, 0.5) is 0 Å². The Kier molecular flexibility index (Phi) is 37.4. The van der Waals surface area contributed by atoms with Crippen molar-refractivity contribution in [1.29, 1.82) is 0 Å². The lowest BCUT2D eigenvalue weighted by Crippen LogP contribution is -2.67. The molecule has 0 saturated carbocycles. The monoisotopic (exact) mass is 937 g/mol. The summed E-state index contributed by atoms with van der Waals surface area (Å²) in [4.78, 5) is 0. The Morgan fingerprint density at radius 2 is 0.448 bits per heavy atom. The van der Waals surface area contributed by atoms with Gasteiger partial charge in [-0.25, -0.2) is 0 Å². The van der Waals surface area contributed by atoms with Crippen molar-refractivity contribution in [2.45, 2.75) is 280 Å². The van der Waals surface area contributed by atoms with Crippen LogP contribution in [0.15, 0.2) is 72.8 Å². The Bertz CT molecular complexity index is 1330. The fourth-order valence-electron chi connectivity index (χ4n) is 11.3. The van der Waals surface area contributed by atoms with E-state index in [9.17, 15) is 0 Å². The summed E-state index contributed by atoms with van der Waals surface area (Å²) >= 11 is 0. The predicted octanol–water partition coefficient (Wildman–Crippen LogP) is 20.4. The third-order valence-corrected chi connectivity index (χ3v) is 20.9. The third-order valence-electron chi connectivity index (χ3n) is 15.9. The molecule has 0 aliphatic rings. The minimum Gasteiger partial charge on any atom is -0.200 e. The Labute approximate surface area is 421 Å². The Morgan fingerprint density at radius 3 is 0.672 bits per heavy atom. The van der Waals surface area contributed by atoms with Gasteiger partial charge in [0.05, 0.1) is 30.8 Å². The molecule has 3 aromatic rings. The molecule has 3 rings (SSSR count). The molecule has 2 heteroatoms. The van der Waals surface area contributed by atoms with E-state index in [1.807, 2.05) is 0 Å². The van der Waals surface area contributed by atoms with Gasteiger partial charge in [0, 0.05) is 7.26 Å². The fourth-order valence-corrected chi connectivity index (χ4v) is 16.2. The van der Waals surface area contributed by atoms with Crippen molar-refractivity contribution >= 4 is 29.8 Å². The van der Waals surface area contributed by atoms with E-state index in [0.29, 0.717) is 0 Å². The molecule has 0 N–H and O–H groups in total. The molecule has 0 fully saturated rings. The van der Waals surface area contributed by atoms with Crippen LogP contribution in [0.25, 0.3) is 0 Å². The van der Waals surface area contributed by atoms with E-state index in [-0.39, 0.29) is 0 Å². The van der Waals surface area contributed by atoms with Crippen LogP contribution in [0.5, 0.6) is 0 Å². The summed E-state index contributed by atoms with van der Waals surface area (Å²) in [5.41, 5.74) is 8.44. The van der Waals surface area contributed by atoms with Crippen molar-refractivity contribution in [2.75, 3.05) is 24.6 Å². The molecule has 0 saturated heterocycles. The van der Waals surface area contributed by atoms with Crippen LogP contribution in [0, 0.1) is 20.8 Å². The van der Waals surface area contributed by atoms with Gasteiger partial charge in [0.2, 0.25) is 0 Å². The first-order valence-electron chi connectivity index (χ1n) is 30.0. The highest BCUT2D eigenvalue weighted by Gasteiger charge is 2.35. The van der Waals surface area contributed by atoms with E-state index in [1.165, 1.54) is 232 Å². The lowest BCUT2D eigenvalue weighted by Gasteiger charge is -2.43. The molecule has 0 aromatic heterocycles. The fraction of sp³-hybridized carbons (Fsp3) is 0.723. The summed E-state index contributed by atoms with van der Waals surface area (Å²) < 4.78 is 0. The maximum atomic E-state index is 2.39. The molecular formula is C65H114BP. The molecule has 3 aromatic carbocycles. The molecule has 67 heavy (non-hydrogen) atoms. The Balaban J connectivity index is 0.000000461. The molecular weight excluding hydrogens is 823 g/mol. The minimum atomic E-state index is -0.993. The summed E-state index contributed by atoms with van der Waals surface area (Å²) in [5.74, 6) is 0. The van der Waals surface area contributed by atoms with Gasteiger partial charge in [0.1, 0.15) is 0 Å². The Morgan fingerprint density at radius 1 is 0.254 bits per heavy atom. The second kappa shape index (κ2) is 40.8. The van der Waals surface area contributed by atoms with E-state index in [1.54, 1.807) is 50.3 Å². The van der Waals surface area contributed by atoms with E-state index >= 15 is 0 Å². The molecule has 0 amide bonds. The summed E-state index contributed by atoms with van der Waals surface area (Å²) in [6.07, 6.45) is 56.2. The number of unbranched alkanes of at least 4 members (excludes halogenated alkanes) is 29. The van der Waals surface area contributed by atoms with Gasteiger partial charge < -0.3 is 0 Å². The minimum absolute atomic E-state index is 0.718. The van der Waals surface area contributed by atoms with E-state index in [4.69, 9.17) is 0 Å². The van der Waals surface area contributed by atoms with E-state index in [0.717, 1.165) is 0 Å². The molecule has 0 unspecified atom stereocenters. The van der Waals surface area contributed by atoms with Crippen LogP contribution in [-0.2, 0) is 0 Å². The highest BCUT2D eigenvalue weighted by atomic mass is 31.2. The van der Waals surface area contributed by atoms with Gasteiger partial charge in [0.25, 0.3) is 0 Å². The first kappa shape index (κ1) is 61.3. The second-order valence-electron chi connectivity index (χ2n) is 22.1. The quantitative estimate of drug-likeness (QED) is 0.0302. The maximum absolute atomic E-state index is 2.39. The summed E-state index contributed by atoms with van der Waals surface area (Å²) in [7, 11) is -0.718. The highest BCUT2D eigenvalue weighted by molar-refractivity contribution is 7.75. The van der Waals surface area contributed by atoms with Crippen molar-refractivity contribution in [3.05, 3.63) is 89.5 Å². The Hall–Kier alpha value is -1.85. The maximum Gasteiger partial charge on any atom is 0.0814 e. The van der Waals surface area contributed by atoms with Crippen molar-refractivity contribution in [2.24, 2.45) is 0 Å². The largest absolute Gasteiger partial charge is 0.200 e. The summed E-state index contributed by atoms with van der Waals surface area (Å²) in [6.45, 7) is 18.3. The molecule has 0 spiro atoms. The summed E-state index contributed by atoms with van der Waals surface area (Å²) in [6, 6.07) is 28.2. The third kappa shape index (κ3) is 27.4. The molecule has 0 aliphatic heterocycles. The van der Waals surface area contributed by atoms with Gasteiger partial charge in [0.15, 0.2) is 0 Å². The van der Waals surface area contributed by atoms with Crippen LogP contribution < -0.4 is 16.4 Å². The van der Waals surface area contributed by atoms with Gasteiger partial charge >= 0.3 is 0 Å². The average molecular weight is 937 g/mol. The number of rotatable bonds is 42. The number of aryl methyl sites for hydroxylation is 3. The second-order valence-corrected chi connectivity index (χ2v) is 26.5. The van der Waals surface area contributed by atoms with Crippen LogP contribution in [-0.4, -0.2) is 30.8 Å². The zero-order chi connectivity index (χ0) is 48.5. The molecule has 0 atom stereocenters. The average Bonchev–Trinajstić information content (AvgIpc) is 3.34. The van der Waals surface area contributed by atoms with Gasteiger partial charge in [-0.2, -0.15) is 22.7 Å². The first-order chi connectivity index (χ1) is 32.8. The zero-order valence-corrected chi connectivity index (χ0v) is 47.4. The van der Waals surface area contributed by atoms with Crippen molar-refractivity contribution < 1.29 is 0 Å². The van der Waals surface area contributed by atoms with E-state index in [2.05, 4.69) is 128 Å². The first-order valence-corrected chi connectivity index (χ1v) is 32.6. The summed E-state index contributed by atoms with van der Waals surface area (Å²) in [5, 5.41) is 0. The van der Waals surface area contributed by atoms with Crippen molar-refractivity contribution in [3.8, 4) is 0 Å². The zero-order valence-electron chi connectivity index (χ0n) is 46.5. The molecule has 0 bridgehead atoms. The van der Waals surface area contributed by atoms with Crippen molar-refractivity contribution in [3.63, 3.8) is 0 Å². The molecule has 0 radical (unpaired) electrons. The smallest absolute Gasteiger partial charge is 0.0814 e. The van der Waals surface area contributed by atoms with Gasteiger partial charge in [-0.05, 0) is 72.1 Å². The van der Waals surface area contributed by atoms with Crippen LogP contribution in [0.2, 0.25) is 6.32 Å². The number of hydrogen-bond acceptors (Lipinski definition) is 0. The van der Waals surface area contributed by atoms with Crippen LogP contribution >= 0.6 is 7.26 Å². The topological polar surface area (TPSA) is 0 Å². The standard InChI is InChI=1S/C33H46B.C32H68P/c1-5-6-7-8-9-10-11-12-13-14-27-34(31-21-15-28(2)16-22-31,32-23-17-29(3)18-24-32)33-25-19-30(4)20-26-33;1-5-9-13-17-21-25-29-33(30-26-22-18-14-10-6-2,31-27-23-19-15-11-7-3)32-28-24-20-16-12-8-4/h15-26H,5-14,27H2,1-4H3;5-32H2,1-4H3/q-1;+1. The van der Waals surface area contributed by atoms with Gasteiger partial charge in [-0.3, -0.25) is 0 Å². The van der Waals surface area contributed by atoms with Crippen LogP contribution in [0.3, 0.4) is 0 Å². The number of benzene rings is 3. The van der Waals surface area contributed by atoms with Gasteiger partial charge in [-0.15, -0.1) is 0 Å². The SMILES string of the molecule is CCCCCCCCCCCC[B-](c1ccc(C)cc1)(c1ccc(C)cc1)c1ccc(C)cc1.CCCCCCCC[P+](CCCCCCCC)(CCCCCCCC)CCCCCCCC. The molecule has 0 heterocycles. The van der Waals surface area contributed by atoms with Gasteiger partial charge in [-0.1, -0.05) is 291 Å². The van der Waals surface area contributed by atoms with E-state index < -0.39 is 13.4 Å². The van der Waals surface area contributed by atoms with Crippen molar-refractivity contribution in [1.82, 2.24) is 0 Å². The van der Waals surface area contributed by atoms with Crippen LogP contribution in [0.1, 0.15) is 270 Å². The molecule has 0 aliphatic carbocycles. The lowest BCUT2D eigenvalue weighted by molar-refractivity contribution is 0.562. The highest BCUT2D eigenvalue weighted by Crippen LogP contribution is 2.61. The molecule has 382 valence electrons. The normalized spacial score (nSPS) is 11.8.